The minimum absolute atomic E-state index is 0.151. The van der Waals surface area contributed by atoms with Crippen LogP contribution in [0.4, 0.5) is 0 Å². The van der Waals surface area contributed by atoms with Gasteiger partial charge in [0.15, 0.2) is 0 Å². The van der Waals surface area contributed by atoms with Gasteiger partial charge in [0.1, 0.15) is 12.1 Å². The minimum atomic E-state index is -0.222. The molecule has 0 aromatic carbocycles. The van der Waals surface area contributed by atoms with Crippen molar-refractivity contribution in [2.75, 3.05) is 13.1 Å². The Hall–Kier alpha value is -1.06. The van der Waals surface area contributed by atoms with E-state index >= 15 is 0 Å². The summed E-state index contributed by atoms with van der Waals surface area (Å²) in [6.07, 6.45) is 5.52. The Morgan fingerprint density at radius 2 is 1.89 bits per heavy atom. The summed E-state index contributed by atoms with van der Waals surface area (Å²) in [7, 11) is 0. The van der Waals surface area contributed by atoms with E-state index in [4.69, 9.17) is 0 Å². The second kappa shape index (κ2) is 4.80. The largest absolute Gasteiger partial charge is 0.329 e. The van der Waals surface area contributed by atoms with E-state index in [1.54, 1.807) is 0 Å². The lowest BCUT2D eigenvalue weighted by atomic mass is 9.95. The Morgan fingerprint density at radius 1 is 1.16 bits per heavy atom. The molecule has 0 bridgehead atoms. The van der Waals surface area contributed by atoms with E-state index < -0.39 is 0 Å². The standard InChI is InChI=1S/C15H24N2O2/c1-10(2)13-15(19)16-8-3-4-12(16)14(18)17(13)9-7-11-5-6-11/h10-13H,3-9H2,1-2H3. The topological polar surface area (TPSA) is 40.6 Å². The molecule has 2 saturated heterocycles. The number of piperazine rings is 1. The fourth-order valence-electron chi connectivity index (χ4n) is 3.54. The lowest BCUT2D eigenvalue weighted by molar-refractivity contribution is -0.161. The molecular weight excluding hydrogens is 240 g/mol. The fraction of sp³-hybridized carbons (Fsp3) is 0.867. The summed E-state index contributed by atoms with van der Waals surface area (Å²) in [5, 5.41) is 0. The van der Waals surface area contributed by atoms with Crippen LogP contribution < -0.4 is 0 Å². The van der Waals surface area contributed by atoms with E-state index in [0.29, 0.717) is 0 Å². The second-order valence-electron chi connectivity index (χ2n) is 6.64. The molecule has 2 aliphatic heterocycles. The van der Waals surface area contributed by atoms with Crippen molar-refractivity contribution in [2.45, 2.75) is 58.0 Å². The molecule has 0 aromatic rings. The Balaban J connectivity index is 1.79. The van der Waals surface area contributed by atoms with E-state index in [1.807, 2.05) is 9.80 Å². The van der Waals surface area contributed by atoms with Crippen LogP contribution in [0, 0.1) is 11.8 Å². The summed E-state index contributed by atoms with van der Waals surface area (Å²) in [5.74, 6) is 1.40. The van der Waals surface area contributed by atoms with Crippen molar-refractivity contribution in [1.29, 1.82) is 0 Å². The van der Waals surface area contributed by atoms with E-state index in [1.165, 1.54) is 12.8 Å². The van der Waals surface area contributed by atoms with Crippen LogP contribution in [0.5, 0.6) is 0 Å². The average molecular weight is 264 g/mol. The first kappa shape index (κ1) is 12.9. The average Bonchev–Trinajstić information content (AvgIpc) is 3.05. The smallest absolute Gasteiger partial charge is 0.246 e. The summed E-state index contributed by atoms with van der Waals surface area (Å²) in [5.41, 5.74) is 0. The zero-order chi connectivity index (χ0) is 13.6. The number of carbonyl (C=O) groups excluding carboxylic acids is 2. The van der Waals surface area contributed by atoms with Crippen molar-refractivity contribution in [2.24, 2.45) is 11.8 Å². The van der Waals surface area contributed by atoms with Crippen LogP contribution in [0.15, 0.2) is 0 Å². The SMILES string of the molecule is CC(C)C1C(=O)N2CCCC2C(=O)N1CCC1CC1. The molecule has 2 amide bonds. The number of fused-ring (bicyclic) bond motifs is 1. The fourth-order valence-corrected chi connectivity index (χ4v) is 3.54. The monoisotopic (exact) mass is 264 g/mol. The van der Waals surface area contributed by atoms with Crippen molar-refractivity contribution in [1.82, 2.24) is 9.80 Å². The molecule has 4 nitrogen and oxygen atoms in total. The van der Waals surface area contributed by atoms with Crippen LogP contribution in [0.3, 0.4) is 0 Å². The van der Waals surface area contributed by atoms with Gasteiger partial charge in [-0.1, -0.05) is 26.7 Å². The third kappa shape index (κ3) is 2.26. The summed E-state index contributed by atoms with van der Waals surface area (Å²) in [6.45, 7) is 5.66. The molecule has 0 N–H and O–H groups in total. The second-order valence-corrected chi connectivity index (χ2v) is 6.64. The molecule has 0 radical (unpaired) electrons. The molecular formula is C15H24N2O2. The van der Waals surface area contributed by atoms with Crippen LogP contribution in [-0.4, -0.2) is 46.8 Å². The van der Waals surface area contributed by atoms with Crippen LogP contribution in [0.2, 0.25) is 0 Å². The van der Waals surface area contributed by atoms with Crippen LogP contribution in [0.25, 0.3) is 0 Å². The highest BCUT2D eigenvalue weighted by atomic mass is 16.2. The Bertz CT molecular complexity index is 390. The van der Waals surface area contributed by atoms with E-state index in [2.05, 4.69) is 13.8 Å². The predicted molar refractivity (Wildman–Crippen MR) is 72.4 cm³/mol. The normalized spacial score (nSPS) is 31.3. The summed E-state index contributed by atoms with van der Waals surface area (Å²) in [4.78, 5) is 29.0. The van der Waals surface area contributed by atoms with E-state index in [9.17, 15) is 9.59 Å². The molecule has 3 aliphatic rings. The van der Waals surface area contributed by atoms with Gasteiger partial charge in [0.25, 0.3) is 0 Å². The predicted octanol–water partition coefficient (Wildman–Crippen LogP) is 1.64. The van der Waals surface area contributed by atoms with Gasteiger partial charge in [-0.05, 0) is 31.1 Å². The number of hydrogen-bond acceptors (Lipinski definition) is 2. The molecule has 4 heteroatoms. The molecule has 106 valence electrons. The van der Waals surface area contributed by atoms with Crippen LogP contribution >= 0.6 is 0 Å². The molecule has 0 aromatic heterocycles. The zero-order valence-electron chi connectivity index (χ0n) is 12.0. The molecule has 1 aliphatic carbocycles. The summed E-state index contributed by atoms with van der Waals surface area (Å²) in [6, 6.07) is -0.373. The van der Waals surface area contributed by atoms with Gasteiger partial charge in [-0.2, -0.15) is 0 Å². The van der Waals surface area contributed by atoms with Crippen LogP contribution in [-0.2, 0) is 9.59 Å². The van der Waals surface area contributed by atoms with Gasteiger partial charge < -0.3 is 9.80 Å². The third-order valence-corrected chi connectivity index (χ3v) is 4.80. The lowest BCUT2D eigenvalue weighted by Crippen LogP contribution is -2.64. The Labute approximate surface area is 115 Å². The quantitative estimate of drug-likeness (QED) is 0.774. The van der Waals surface area contributed by atoms with Crippen molar-refractivity contribution < 1.29 is 9.59 Å². The van der Waals surface area contributed by atoms with Gasteiger partial charge in [0.2, 0.25) is 11.8 Å². The molecule has 0 spiro atoms. The number of hydrogen-bond donors (Lipinski definition) is 0. The minimum Gasteiger partial charge on any atom is -0.329 e. The highest BCUT2D eigenvalue weighted by Crippen LogP contribution is 2.35. The maximum atomic E-state index is 12.6. The number of nitrogens with zero attached hydrogens (tertiary/aromatic N) is 2. The zero-order valence-corrected chi connectivity index (χ0v) is 12.0. The maximum Gasteiger partial charge on any atom is 0.246 e. The highest BCUT2D eigenvalue weighted by molar-refractivity contribution is 5.97. The maximum absolute atomic E-state index is 12.6. The van der Waals surface area contributed by atoms with Gasteiger partial charge in [0, 0.05) is 13.1 Å². The van der Waals surface area contributed by atoms with E-state index in [0.717, 1.165) is 38.3 Å². The van der Waals surface area contributed by atoms with Gasteiger partial charge in [-0.25, -0.2) is 0 Å². The number of amides is 2. The van der Waals surface area contributed by atoms with Gasteiger partial charge >= 0.3 is 0 Å². The molecule has 2 unspecified atom stereocenters. The lowest BCUT2D eigenvalue weighted by Gasteiger charge is -2.44. The first-order valence-electron chi connectivity index (χ1n) is 7.70. The molecule has 3 fully saturated rings. The molecule has 2 atom stereocenters. The molecule has 3 rings (SSSR count). The van der Waals surface area contributed by atoms with Gasteiger partial charge in [-0.3, -0.25) is 9.59 Å². The highest BCUT2D eigenvalue weighted by Gasteiger charge is 2.48. The van der Waals surface area contributed by atoms with E-state index in [-0.39, 0.29) is 29.8 Å². The van der Waals surface area contributed by atoms with Crippen LogP contribution in [0.1, 0.15) is 46.0 Å². The molecule has 2 heterocycles. The van der Waals surface area contributed by atoms with Gasteiger partial charge in [-0.15, -0.1) is 0 Å². The molecule has 1 saturated carbocycles. The first-order valence-corrected chi connectivity index (χ1v) is 7.70. The number of carbonyl (C=O) groups is 2. The summed E-state index contributed by atoms with van der Waals surface area (Å²) < 4.78 is 0. The van der Waals surface area contributed by atoms with Crippen molar-refractivity contribution >= 4 is 11.8 Å². The van der Waals surface area contributed by atoms with Crippen molar-refractivity contribution in [3.63, 3.8) is 0 Å². The first-order chi connectivity index (χ1) is 9.09. The molecule has 19 heavy (non-hydrogen) atoms. The number of rotatable bonds is 4. The van der Waals surface area contributed by atoms with Crippen molar-refractivity contribution in [3.05, 3.63) is 0 Å². The van der Waals surface area contributed by atoms with Crippen molar-refractivity contribution in [3.8, 4) is 0 Å². The summed E-state index contributed by atoms with van der Waals surface area (Å²) >= 11 is 0. The Morgan fingerprint density at radius 3 is 2.53 bits per heavy atom. The Kier molecular flexibility index (Phi) is 3.27. The third-order valence-electron chi connectivity index (χ3n) is 4.80. The van der Waals surface area contributed by atoms with Gasteiger partial charge in [0.05, 0.1) is 0 Å².